The molecule has 44 heavy (non-hydrogen) atoms. The Balaban J connectivity index is 1.28. The van der Waals surface area contributed by atoms with Gasteiger partial charge in [-0.15, -0.1) is 0 Å². The molecular weight excluding hydrogens is 554 g/mol. The Morgan fingerprint density at radius 2 is 1.82 bits per heavy atom. The lowest BCUT2D eigenvalue weighted by atomic mass is 9.81. The van der Waals surface area contributed by atoms with Crippen LogP contribution in [0.25, 0.3) is 0 Å². The van der Waals surface area contributed by atoms with Crippen molar-refractivity contribution in [2.75, 3.05) is 43.2 Å². The first-order valence-electron chi connectivity index (χ1n) is 15.7. The maximum absolute atomic E-state index is 14.1. The van der Waals surface area contributed by atoms with E-state index in [2.05, 4.69) is 30.7 Å². The van der Waals surface area contributed by atoms with E-state index in [-0.39, 0.29) is 29.1 Å². The number of carboxylic acid groups (broad SMARTS) is 1. The van der Waals surface area contributed by atoms with Gasteiger partial charge in [-0.25, -0.2) is 4.98 Å². The van der Waals surface area contributed by atoms with Crippen molar-refractivity contribution in [1.82, 2.24) is 4.98 Å². The highest BCUT2D eigenvalue weighted by Gasteiger charge is 2.40. The minimum Gasteiger partial charge on any atom is -0.497 e. The summed E-state index contributed by atoms with van der Waals surface area (Å²) in [7, 11) is 1.63. The maximum Gasteiger partial charge on any atom is 0.307 e. The Labute approximate surface area is 261 Å². The number of methoxy groups -OCH3 is 1. The van der Waals surface area contributed by atoms with Crippen molar-refractivity contribution in [3.05, 3.63) is 78.0 Å². The lowest BCUT2D eigenvalue weighted by Crippen LogP contribution is -2.50. The molecule has 1 amide bonds. The highest BCUT2D eigenvalue weighted by Crippen LogP contribution is 2.48. The number of pyridine rings is 1. The topological polar surface area (TPSA) is 92.2 Å². The monoisotopic (exact) mass is 599 g/mol. The summed E-state index contributed by atoms with van der Waals surface area (Å²) in [6.07, 6.45) is 4.50. The van der Waals surface area contributed by atoms with Crippen LogP contribution >= 0.6 is 0 Å². The predicted molar refractivity (Wildman–Crippen MR) is 173 cm³/mol. The van der Waals surface area contributed by atoms with Gasteiger partial charge in [-0.1, -0.05) is 45.9 Å². The second-order valence-corrected chi connectivity index (χ2v) is 13.4. The van der Waals surface area contributed by atoms with Crippen LogP contribution in [0, 0.1) is 23.2 Å². The summed E-state index contributed by atoms with van der Waals surface area (Å²) in [5.41, 5.74) is 2.39. The molecule has 2 aliphatic rings. The Bertz CT molecular complexity index is 1440. The standard InChI is InChI=1S/C36H45N3O5/c1-6-29(35(41)42)33(25-13-14-25)26-10-9-11-28(18-26)44-22-24-20-38(21-24)31-19-27(43-5)15-16-30(31)34(40)39(23-36(2,3)4)32-12-7-8-17-37-32/h7-12,15-19,24-25,29,33H,6,13-14,20-23H2,1-5H3,(H,41,42). The van der Waals surface area contributed by atoms with Crippen molar-refractivity contribution in [3.63, 3.8) is 0 Å². The van der Waals surface area contributed by atoms with Gasteiger partial charge in [0.05, 0.1) is 30.9 Å². The molecule has 1 saturated carbocycles. The van der Waals surface area contributed by atoms with E-state index >= 15 is 0 Å². The van der Waals surface area contributed by atoms with Crippen LogP contribution in [-0.2, 0) is 4.79 Å². The van der Waals surface area contributed by atoms with Crippen LogP contribution in [0.1, 0.15) is 68.8 Å². The molecule has 2 fully saturated rings. The number of aliphatic carboxylic acids is 1. The molecule has 3 aromatic rings. The fourth-order valence-electron chi connectivity index (χ4n) is 6.24. The average molecular weight is 600 g/mol. The quantitative estimate of drug-likeness (QED) is 0.228. The van der Waals surface area contributed by atoms with E-state index in [1.165, 1.54) is 0 Å². The van der Waals surface area contributed by atoms with Gasteiger partial charge in [-0.05, 0) is 72.6 Å². The number of aromatic nitrogens is 1. The first-order chi connectivity index (χ1) is 21.1. The number of amides is 1. The molecule has 1 aliphatic heterocycles. The number of hydrogen-bond acceptors (Lipinski definition) is 6. The van der Waals surface area contributed by atoms with Gasteiger partial charge in [0, 0.05) is 43.7 Å². The van der Waals surface area contributed by atoms with E-state index in [0.29, 0.717) is 42.6 Å². The highest BCUT2D eigenvalue weighted by molar-refractivity contribution is 6.09. The Hall–Kier alpha value is -4.07. The van der Waals surface area contributed by atoms with Crippen molar-refractivity contribution >= 4 is 23.4 Å². The molecule has 1 aliphatic carbocycles. The number of ether oxygens (including phenoxy) is 2. The number of benzene rings is 2. The van der Waals surface area contributed by atoms with Gasteiger partial charge in [-0.3, -0.25) is 14.5 Å². The summed E-state index contributed by atoms with van der Waals surface area (Å²) in [5.74, 6) is 1.65. The van der Waals surface area contributed by atoms with Crippen LogP contribution in [0.15, 0.2) is 66.9 Å². The van der Waals surface area contributed by atoms with E-state index < -0.39 is 5.97 Å². The van der Waals surface area contributed by atoms with Crippen LogP contribution in [0.4, 0.5) is 11.5 Å². The van der Waals surface area contributed by atoms with Crippen LogP contribution in [-0.4, -0.2) is 55.3 Å². The molecular formula is C36H45N3O5. The third-order valence-electron chi connectivity index (χ3n) is 8.59. The molecule has 0 spiro atoms. The van der Waals surface area contributed by atoms with Crippen molar-refractivity contribution < 1.29 is 24.2 Å². The van der Waals surface area contributed by atoms with Gasteiger partial charge in [0.15, 0.2) is 0 Å². The predicted octanol–water partition coefficient (Wildman–Crippen LogP) is 6.90. The van der Waals surface area contributed by atoms with E-state index in [4.69, 9.17) is 9.47 Å². The summed E-state index contributed by atoms with van der Waals surface area (Å²) in [6.45, 7) is 10.9. The molecule has 1 N–H and O–H groups in total. The average Bonchev–Trinajstić information content (AvgIpc) is 3.82. The van der Waals surface area contributed by atoms with Crippen molar-refractivity contribution in [2.45, 2.75) is 52.9 Å². The van der Waals surface area contributed by atoms with Crippen molar-refractivity contribution in [1.29, 1.82) is 0 Å². The van der Waals surface area contributed by atoms with E-state index in [1.807, 2.05) is 67.6 Å². The van der Waals surface area contributed by atoms with Gasteiger partial charge in [-0.2, -0.15) is 0 Å². The fraction of sp³-hybridized carbons (Fsp3) is 0.472. The molecule has 2 heterocycles. The number of anilines is 2. The molecule has 5 rings (SSSR count). The normalized spacial score (nSPS) is 16.5. The SMILES string of the molecule is CCC(C(=O)O)C(c1cccc(OCC2CN(c3cc(OC)ccc3C(=O)N(CC(C)(C)C)c3ccccn3)C2)c1)C1CC1. The number of rotatable bonds is 13. The van der Waals surface area contributed by atoms with Crippen LogP contribution in [0.2, 0.25) is 0 Å². The van der Waals surface area contributed by atoms with Crippen LogP contribution < -0.4 is 19.3 Å². The van der Waals surface area contributed by atoms with Gasteiger partial charge >= 0.3 is 5.97 Å². The first kappa shape index (κ1) is 31.4. The molecule has 1 saturated heterocycles. The van der Waals surface area contributed by atoms with E-state index in [1.54, 1.807) is 18.2 Å². The number of nitrogens with zero attached hydrogens (tertiary/aromatic N) is 3. The zero-order valence-electron chi connectivity index (χ0n) is 26.5. The number of carbonyl (C=O) groups excluding carboxylic acids is 1. The number of carbonyl (C=O) groups is 2. The molecule has 2 aromatic carbocycles. The molecule has 2 unspecified atom stereocenters. The van der Waals surface area contributed by atoms with Crippen LogP contribution in [0.5, 0.6) is 11.5 Å². The summed E-state index contributed by atoms with van der Waals surface area (Å²) in [6, 6.07) is 19.2. The minimum atomic E-state index is -0.720. The molecule has 8 nitrogen and oxygen atoms in total. The molecule has 0 bridgehead atoms. The second-order valence-electron chi connectivity index (χ2n) is 13.4. The minimum absolute atomic E-state index is 0.0215. The smallest absolute Gasteiger partial charge is 0.307 e. The van der Waals surface area contributed by atoms with Gasteiger partial charge in [0.1, 0.15) is 17.3 Å². The summed E-state index contributed by atoms with van der Waals surface area (Å²) >= 11 is 0. The summed E-state index contributed by atoms with van der Waals surface area (Å²) in [5, 5.41) is 9.84. The van der Waals surface area contributed by atoms with Gasteiger partial charge in [0.2, 0.25) is 0 Å². The maximum atomic E-state index is 14.1. The van der Waals surface area contributed by atoms with Crippen molar-refractivity contribution in [2.24, 2.45) is 23.2 Å². The largest absolute Gasteiger partial charge is 0.497 e. The fourth-order valence-corrected chi connectivity index (χ4v) is 6.24. The zero-order valence-corrected chi connectivity index (χ0v) is 26.5. The summed E-state index contributed by atoms with van der Waals surface area (Å²) < 4.78 is 11.8. The lowest BCUT2D eigenvalue weighted by molar-refractivity contribution is -0.142. The number of carboxylic acids is 1. The third-order valence-corrected chi connectivity index (χ3v) is 8.59. The van der Waals surface area contributed by atoms with Gasteiger partial charge < -0.3 is 19.5 Å². The molecule has 1 aromatic heterocycles. The lowest BCUT2D eigenvalue weighted by Gasteiger charge is -2.42. The Morgan fingerprint density at radius 1 is 1.05 bits per heavy atom. The molecule has 0 radical (unpaired) electrons. The van der Waals surface area contributed by atoms with Crippen molar-refractivity contribution in [3.8, 4) is 11.5 Å². The van der Waals surface area contributed by atoms with E-state index in [9.17, 15) is 14.7 Å². The van der Waals surface area contributed by atoms with Crippen LogP contribution in [0.3, 0.4) is 0 Å². The highest BCUT2D eigenvalue weighted by atomic mass is 16.5. The molecule has 2 atom stereocenters. The zero-order chi connectivity index (χ0) is 31.4. The molecule has 234 valence electrons. The van der Waals surface area contributed by atoms with E-state index in [0.717, 1.165) is 42.9 Å². The molecule has 8 heteroatoms. The van der Waals surface area contributed by atoms with Gasteiger partial charge in [0.25, 0.3) is 5.91 Å². The number of hydrogen-bond donors (Lipinski definition) is 1. The third kappa shape index (κ3) is 7.34. The first-order valence-corrected chi connectivity index (χ1v) is 15.7. The Morgan fingerprint density at radius 3 is 2.43 bits per heavy atom. The second kappa shape index (κ2) is 13.3. The summed E-state index contributed by atoms with van der Waals surface area (Å²) in [4.78, 5) is 34.5. The Kier molecular flexibility index (Phi) is 9.47.